The fourth-order valence-corrected chi connectivity index (χ4v) is 1.84. The molecule has 0 fully saturated rings. The van der Waals surface area contributed by atoms with Gasteiger partial charge in [-0.25, -0.2) is 4.79 Å². The van der Waals surface area contributed by atoms with Crippen LogP contribution in [-0.4, -0.2) is 16.1 Å². The quantitative estimate of drug-likeness (QED) is 0.882. The molecule has 19 heavy (non-hydrogen) atoms. The molecule has 0 amide bonds. The highest BCUT2D eigenvalue weighted by Gasteiger charge is 2.19. The molecule has 2 aromatic rings. The van der Waals surface area contributed by atoms with Gasteiger partial charge >= 0.3 is 5.97 Å². The maximum absolute atomic E-state index is 11.4. The van der Waals surface area contributed by atoms with Gasteiger partial charge in [-0.05, 0) is 37.6 Å². The third-order valence-corrected chi connectivity index (χ3v) is 2.84. The first-order valence-electron chi connectivity index (χ1n) is 6.05. The minimum atomic E-state index is -0.924. The van der Waals surface area contributed by atoms with Crippen LogP contribution in [0.1, 0.15) is 22.9 Å². The van der Waals surface area contributed by atoms with Crippen molar-refractivity contribution >= 4 is 11.7 Å². The van der Waals surface area contributed by atoms with Gasteiger partial charge in [0.1, 0.15) is 0 Å². The van der Waals surface area contributed by atoms with E-state index in [0.717, 1.165) is 16.9 Å². The number of carboxylic acids is 1. The Morgan fingerprint density at radius 1 is 1.26 bits per heavy atom. The summed E-state index contributed by atoms with van der Waals surface area (Å²) >= 11 is 0. The number of nitrogens with one attached hydrogen (secondary N) is 1. The number of anilines is 1. The number of pyridine rings is 1. The van der Waals surface area contributed by atoms with Crippen LogP contribution in [0, 0.1) is 13.8 Å². The van der Waals surface area contributed by atoms with E-state index in [0.29, 0.717) is 5.56 Å². The van der Waals surface area contributed by atoms with E-state index in [1.807, 2.05) is 44.2 Å². The maximum atomic E-state index is 11.4. The summed E-state index contributed by atoms with van der Waals surface area (Å²) in [5.41, 5.74) is 3.37. The Balaban J connectivity index is 2.26. The van der Waals surface area contributed by atoms with Crippen LogP contribution in [0.4, 0.5) is 5.69 Å². The summed E-state index contributed by atoms with van der Waals surface area (Å²) in [7, 11) is 0. The van der Waals surface area contributed by atoms with Crippen LogP contribution in [0.3, 0.4) is 0 Å². The van der Waals surface area contributed by atoms with Crippen molar-refractivity contribution in [2.75, 3.05) is 5.32 Å². The highest BCUT2D eigenvalue weighted by atomic mass is 16.4. The molecule has 0 saturated carbocycles. The second-order valence-corrected chi connectivity index (χ2v) is 4.52. The van der Waals surface area contributed by atoms with Gasteiger partial charge < -0.3 is 10.4 Å². The summed E-state index contributed by atoms with van der Waals surface area (Å²) < 4.78 is 0. The number of carbonyl (C=O) groups is 1. The topological polar surface area (TPSA) is 62.2 Å². The molecule has 0 aliphatic heterocycles. The largest absolute Gasteiger partial charge is 0.479 e. The minimum absolute atomic E-state index is 0.639. The van der Waals surface area contributed by atoms with Crippen LogP contribution < -0.4 is 5.32 Å². The molecule has 4 heteroatoms. The van der Waals surface area contributed by atoms with Crippen molar-refractivity contribution in [3.8, 4) is 0 Å². The van der Waals surface area contributed by atoms with Crippen molar-refractivity contribution in [3.05, 3.63) is 59.4 Å². The number of carboxylic acid groups (broad SMARTS) is 1. The summed E-state index contributed by atoms with van der Waals surface area (Å²) in [5, 5.41) is 12.4. The normalized spacial score (nSPS) is 11.9. The Bertz CT molecular complexity index is 579. The first-order chi connectivity index (χ1) is 9.06. The van der Waals surface area contributed by atoms with E-state index in [2.05, 4.69) is 10.3 Å². The standard InChI is InChI=1S/C15H16N2O2/c1-10-4-3-5-13(8-10)17-14(15(18)19)12-7-6-11(2)16-9-12/h3-9,14,17H,1-2H3,(H,18,19). The third kappa shape index (κ3) is 3.31. The molecule has 0 aliphatic rings. The van der Waals surface area contributed by atoms with E-state index in [4.69, 9.17) is 0 Å². The van der Waals surface area contributed by atoms with E-state index in [1.165, 1.54) is 0 Å². The predicted octanol–water partition coefficient (Wildman–Crippen LogP) is 2.94. The van der Waals surface area contributed by atoms with Gasteiger partial charge in [0.05, 0.1) is 0 Å². The van der Waals surface area contributed by atoms with E-state index in [-0.39, 0.29) is 0 Å². The molecule has 1 aromatic carbocycles. The molecule has 2 rings (SSSR count). The van der Waals surface area contributed by atoms with E-state index < -0.39 is 12.0 Å². The van der Waals surface area contributed by atoms with Gasteiger partial charge in [0, 0.05) is 23.1 Å². The predicted molar refractivity (Wildman–Crippen MR) is 74.2 cm³/mol. The lowest BCUT2D eigenvalue weighted by molar-refractivity contribution is -0.138. The van der Waals surface area contributed by atoms with Crippen molar-refractivity contribution in [1.82, 2.24) is 4.98 Å². The first kappa shape index (κ1) is 13.1. The van der Waals surface area contributed by atoms with Gasteiger partial charge in [0.25, 0.3) is 0 Å². The maximum Gasteiger partial charge on any atom is 0.330 e. The number of aliphatic carboxylic acids is 1. The number of hydrogen-bond donors (Lipinski definition) is 2. The third-order valence-electron chi connectivity index (χ3n) is 2.84. The average molecular weight is 256 g/mol. The average Bonchev–Trinajstić information content (AvgIpc) is 2.37. The van der Waals surface area contributed by atoms with Gasteiger partial charge in [-0.1, -0.05) is 18.2 Å². The number of rotatable bonds is 4. The van der Waals surface area contributed by atoms with Crippen molar-refractivity contribution in [1.29, 1.82) is 0 Å². The van der Waals surface area contributed by atoms with Crippen molar-refractivity contribution in [2.24, 2.45) is 0 Å². The zero-order valence-electron chi connectivity index (χ0n) is 10.9. The first-order valence-corrected chi connectivity index (χ1v) is 6.05. The molecule has 98 valence electrons. The zero-order valence-corrected chi connectivity index (χ0v) is 10.9. The SMILES string of the molecule is Cc1cccc(NC(C(=O)O)c2ccc(C)nc2)c1. The summed E-state index contributed by atoms with van der Waals surface area (Å²) in [5.74, 6) is -0.924. The second kappa shape index (κ2) is 5.52. The smallest absolute Gasteiger partial charge is 0.330 e. The van der Waals surface area contributed by atoms with Crippen LogP contribution in [0.5, 0.6) is 0 Å². The summed E-state index contributed by atoms with van der Waals surface area (Å²) in [4.78, 5) is 15.5. The van der Waals surface area contributed by atoms with Crippen LogP contribution in [0.25, 0.3) is 0 Å². The Morgan fingerprint density at radius 3 is 2.63 bits per heavy atom. The van der Waals surface area contributed by atoms with E-state index in [1.54, 1.807) is 12.3 Å². The summed E-state index contributed by atoms with van der Waals surface area (Å²) in [6.07, 6.45) is 1.59. The summed E-state index contributed by atoms with van der Waals surface area (Å²) in [6, 6.07) is 10.4. The lowest BCUT2D eigenvalue weighted by Crippen LogP contribution is -2.20. The molecule has 1 atom stereocenters. The fourth-order valence-electron chi connectivity index (χ4n) is 1.84. The molecular weight excluding hydrogens is 240 g/mol. The van der Waals surface area contributed by atoms with Crippen LogP contribution in [-0.2, 0) is 4.79 Å². The Hall–Kier alpha value is -2.36. The molecule has 1 aromatic heterocycles. The molecule has 4 nitrogen and oxygen atoms in total. The van der Waals surface area contributed by atoms with Gasteiger partial charge in [0.15, 0.2) is 6.04 Å². The highest BCUT2D eigenvalue weighted by Crippen LogP contribution is 2.20. The fraction of sp³-hybridized carbons (Fsp3) is 0.200. The number of benzene rings is 1. The molecule has 0 radical (unpaired) electrons. The van der Waals surface area contributed by atoms with E-state index in [9.17, 15) is 9.90 Å². The number of hydrogen-bond acceptors (Lipinski definition) is 3. The van der Waals surface area contributed by atoms with Crippen LogP contribution in [0.2, 0.25) is 0 Å². The molecule has 0 bridgehead atoms. The Kier molecular flexibility index (Phi) is 3.80. The molecule has 0 aliphatic carbocycles. The van der Waals surface area contributed by atoms with Gasteiger partial charge in [-0.3, -0.25) is 4.98 Å². The minimum Gasteiger partial charge on any atom is -0.479 e. The molecule has 1 heterocycles. The molecule has 0 saturated heterocycles. The number of aromatic nitrogens is 1. The van der Waals surface area contributed by atoms with Gasteiger partial charge in [-0.2, -0.15) is 0 Å². The van der Waals surface area contributed by atoms with Gasteiger partial charge in [-0.15, -0.1) is 0 Å². The highest BCUT2D eigenvalue weighted by molar-refractivity contribution is 5.79. The summed E-state index contributed by atoms with van der Waals surface area (Å²) in [6.45, 7) is 3.84. The number of nitrogens with zero attached hydrogens (tertiary/aromatic N) is 1. The van der Waals surface area contributed by atoms with Crippen molar-refractivity contribution in [3.63, 3.8) is 0 Å². The lowest BCUT2D eigenvalue weighted by Gasteiger charge is -2.16. The Labute approximate surface area is 112 Å². The zero-order chi connectivity index (χ0) is 13.8. The Morgan fingerprint density at radius 2 is 2.05 bits per heavy atom. The second-order valence-electron chi connectivity index (χ2n) is 4.52. The van der Waals surface area contributed by atoms with Crippen LogP contribution in [0.15, 0.2) is 42.6 Å². The van der Waals surface area contributed by atoms with E-state index >= 15 is 0 Å². The van der Waals surface area contributed by atoms with Crippen LogP contribution >= 0.6 is 0 Å². The van der Waals surface area contributed by atoms with Crippen molar-refractivity contribution < 1.29 is 9.90 Å². The molecular formula is C15H16N2O2. The molecule has 0 spiro atoms. The molecule has 1 unspecified atom stereocenters. The monoisotopic (exact) mass is 256 g/mol. The lowest BCUT2D eigenvalue weighted by atomic mass is 10.1. The van der Waals surface area contributed by atoms with Crippen molar-refractivity contribution in [2.45, 2.75) is 19.9 Å². The van der Waals surface area contributed by atoms with Gasteiger partial charge in [0.2, 0.25) is 0 Å². The number of aryl methyl sites for hydroxylation is 2. The molecule has 2 N–H and O–H groups in total.